The number of alkyl halides is 3. The average Bonchev–Trinajstić information content (AvgIpc) is 2.83. The number of benzene rings is 1. The lowest BCUT2D eigenvalue weighted by atomic mass is 10.1. The van der Waals surface area contributed by atoms with E-state index in [4.69, 9.17) is 5.11 Å². The van der Waals surface area contributed by atoms with Gasteiger partial charge >= 0.3 is 12.1 Å². The molecule has 2 aromatic rings. The van der Waals surface area contributed by atoms with Crippen molar-refractivity contribution in [3.05, 3.63) is 42.0 Å². The lowest BCUT2D eigenvalue weighted by molar-refractivity contribution is -0.137. The minimum Gasteiger partial charge on any atom is -0.478 e. The number of carboxylic acid groups (broad SMARTS) is 1. The Morgan fingerprint density at radius 1 is 1.29 bits per heavy atom. The second-order valence-corrected chi connectivity index (χ2v) is 3.93. The molecule has 1 N–H and O–H groups in total. The van der Waals surface area contributed by atoms with Gasteiger partial charge < -0.3 is 5.11 Å². The molecule has 0 aliphatic carbocycles. The summed E-state index contributed by atoms with van der Waals surface area (Å²) in [5, 5.41) is 12.2. The van der Waals surface area contributed by atoms with Crippen LogP contribution in [-0.2, 0) is 11.0 Å². The fraction of sp³-hybridized carbons (Fsp3) is 0.0833. The van der Waals surface area contributed by atoms with E-state index < -0.39 is 23.5 Å². The Morgan fingerprint density at radius 3 is 2.62 bits per heavy atom. The van der Waals surface area contributed by atoms with E-state index in [1.54, 1.807) is 0 Å². The van der Waals surface area contributed by atoms with E-state index in [1.165, 1.54) is 0 Å². The molecule has 0 amide bonds. The highest BCUT2D eigenvalue weighted by molar-refractivity contribution is 5.82. The van der Waals surface area contributed by atoms with Gasteiger partial charge in [-0.15, -0.1) is 5.10 Å². The van der Waals surface area contributed by atoms with Crippen LogP contribution < -0.4 is 0 Å². The molecule has 0 aliphatic heterocycles. The highest BCUT2D eigenvalue weighted by Crippen LogP contribution is 2.32. The number of carbonyl (C=O) groups is 1. The fourth-order valence-corrected chi connectivity index (χ4v) is 1.50. The number of nitrogens with zero attached hydrogens (tertiary/aromatic N) is 3. The smallest absolute Gasteiger partial charge is 0.416 e. The molecule has 0 aliphatic rings. The summed E-state index contributed by atoms with van der Waals surface area (Å²) in [5.41, 5.74) is -1.32. The predicted octanol–water partition coefficient (Wildman–Crippen LogP) is 2.66. The van der Waals surface area contributed by atoms with Crippen molar-refractivity contribution in [2.45, 2.75) is 6.18 Å². The molecule has 0 fully saturated rings. The third-order valence-electron chi connectivity index (χ3n) is 2.36. The highest BCUT2D eigenvalue weighted by Gasteiger charge is 2.31. The van der Waals surface area contributed by atoms with Gasteiger partial charge in [-0.2, -0.15) is 13.2 Å². The lowest BCUT2D eigenvalue weighted by Crippen LogP contribution is -2.05. The van der Waals surface area contributed by atoms with Crippen LogP contribution in [0.4, 0.5) is 17.6 Å². The molecule has 1 aromatic carbocycles. The molecule has 0 saturated heterocycles. The van der Waals surface area contributed by atoms with Gasteiger partial charge in [0.1, 0.15) is 12.1 Å². The van der Waals surface area contributed by atoms with Gasteiger partial charge in [0.15, 0.2) is 5.82 Å². The molecule has 0 unspecified atom stereocenters. The zero-order valence-corrected chi connectivity index (χ0v) is 10.2. The summed E-state index contributed by atoms with van der Waals surface area (Å²) < 4.78 is 52.0. The number of hydrogen-bond acceptors (Lipinski definition) is 3. The summed E-state index contributed by atoms with van der Waals surface area (Å²) in [4.78, 5) is 14.0. The number of aliphatic carboxylic acids is 1. The van der Waals surface area contributed by atoms with Crippen LogP contribution >= 0.6 is 0 Å². The van der Waals surface area contributed by atoms with Crippen LogP contribution in [0.15, 0.2) is 30.6 Å². The van der Waals surface area contributed by atoms with Crippen LogP contribution in [0.25, 0.3) is 17.6 Å². The first-order valence-corrected chi connectivity index (χ1v) is 5.46. The maximum absolute atomic E-state index is 13.3. The summed E-state index contributed by atoms with van der Waals surface area (Å²) in [7, 11) is 0. The number of halogens is 4. The number of carboxylic acids is 1. The normalized spacial score (nSPS) is 12.0. The molecule has 9 heteroatoms. The van der Waals surface area contributed by atoms with Crippen LogP contribution in [-0.4, -0.2) is 25.8 Å². The van der Waals surface area contributed by atoms with E-state index in [-0.39, 0.29) is 11.4 Å². The molecule has 0 bridgehead atoms. The molecule has 0 saturated carbocycles. The predicted molar refractivity (Wildman–Crippen MR) is 63.4 cm³/mol. The van der Waals surface area contributed by atoms with Gasteiger partial charge in [-0.05, 0) is 18.2 Å². The van der Waals surface area contributed by atoms with Gasteiger partial charge in [-0.25, -0.2) is 18.9 Å². The maximum atomic E-state index is 13.3. The minimum atomic E-state index is -4.69. The third-order valence-corrected chi connectivity index (χ3v) is 2.36. The molecule has 1 heterocycles. The van der Waals surface area contributed by atoms with Gasteiger partial charge in [0.05, 0.1) is 5.56 Å². The maximum Gasteiger partial charge on any atom is 0.416 e. The van der Waals surface area contributed by atoms with Crippen molar-refractivity contribution in [1.29, 1.82) is 0 Å². The van der Waals surface area contributed by atoms with Crippen molar-refractivity contribution in [3.63, 3.8) is 0 Å². The van der Waals surface area contributed by atoms with E-state index in [2.05, 4.69) is 10.1 Å². The quantitative estimate of drug-likeness (QED) is 0.699. The van der Waals surface area contributed by atoms with Crippen molar-refractivity contribution < 1.29 is 27.5 Å². The Kier molecular flexibility index (Phi) is 3.74. The van der Waals surface area contributed by atoms with Crippen LogP contribution in [0.1, 0.15) is 5.56 Å². The Hall–Kier alpha value is -2.71. The van der Waals surface area contributed by atoms with Crippen LogP contribution in [0.3, 0.4) is 0 Å². The fourth-order valence-electron chi connectivity index (χ4n) is 1.50. The SMILES string of the molecule is O=C(O)/C=C\n1cnc(-c2cc(F)cc(C(F)(F)F)c2)n1. The molecule has 0 atom stereocenters. The van der Waals surface area contributed by atoms with Crippen molar-refractivity contribution >= 4 is 12.2 Å². The molecule has 1 aromatic heterocycles. The van der Waals surface area contributed by atoms with Gasteiger partial charge in [0, 0.05) is 17.8 Å². The van der Waals surface area contributed by atoms with E-state index in [9.17, 15) is 22.4 Å². The summed E-state index contributed by atoms with van der Waals surface area (Å²) in [5.74, 6) is -2.45. The van der Waals surface area contributed by atoms with Crippen molar-refractivity contribution in [3.8, 4) is 11.4 Å². The summed E-state index contributed by atoms with van der Waals surface area (Å²) in [6, 6.07) is 1.93. The van der Waals surface area contributed by atoms with Gasteiger partial charge in [0.25, 0.3) is 0 Å². The van der Waals surface area contributed by atoms with Crippen LogP contribution in [0.5, 0.6) is 0 Å². The lowest BCUT2D eigenvalue weighted by Gasteiger charge is -2.07. The topological polar surface area (TPSA) is 68.0 Å². The molecular formula is C12H7F4N3O2. The van der Waals surface area contributed by atoms with Gasteiger partial charge in [0.2, 0.25) is 0 Å². The highest BCUT2D eigenvalue weighted by atomic mass is 19.4. The summed E-state index contributed by atoms with van der Waals surface area (Å²) in [6.45, 7) is 0. The number of aromatic nitrogens is 3. The zero-order valence-electron chi connectivity index (χ0n) is 10.2. The van der Waals surface area contributed by atoms with E-state index >= 15 is 0 Å². The molecule has 5 nitrogen and oxygen atoms in total. The summed E-state index contributed by atoms with van der Waals surface area (Å²) >= 11 is 0. The summed E-state index contributed by atoms with van der Waals surface area (Å²) in [6.07, 6.45) is -1.79. The minimum absolute atomic E-state index is 0.157. The first kappa shape index (κ1) is 14.7. The zero-order chi connectivity index (χ0) is 15.6. The second kappa shape index (κ2) is 5.35. The molecule has 0 radical (unpaired) electrons. The molecule has 21 heavy (non-hydrogen) atoms. The average molecular weight is 301 g/mol. The first-order valence-electron chi connectivity index (χ1n) is 5.46. The molecule has 0 spiro atoms. The van der Waals surface area contributed by atoms with E-state index in [0.29, 0.717) is 12.1 Å². The monoisotopic (exact) mass is 301 g/mol. The number of rotatable bonds is 3. The Morgan fingerprint density at radius 2 is 2.00 bits per heavy atom. The first-order chi connectivity index (χ1) is 9.75. The second-order valence-electron chi connectivity index (χ2n) is 3.93. The Balaban J connectivity index is 2.39. The largest absolute Gasteiger partial charge is 0.478 e. The van der Waals surface area contributed by atoms with Crippen LogP contribution in [0.2, 0.25) is 0 Å². The van der Waals surface area contributed by atoms with Crippen LogP contribution in [0, 0.1) is 5.82 Å². The Labute approximate surface area is 115 Å². The molecular weight excluding hydrogens is 294 g/mol. The molecule has 110 valence electrons. The van der Waals surface area contributed by atoms with E-state index in [0.717, 1.165) is 29.4 Å². The standard InChI is InChI=1S/C12H7F4N3O2/c13-9-4-7(3-8(5-9)12(14,15)16)11-17-6-19(18-11)2-1-10(20)21/h1-6H,(H,20,21)/b2-1-. The van der Waals surface area contributed by atoms with E-state index in [1.807, 2.05) is 0 Å². The van der Waals surface area contributed by atoms with Crippen molar-refractivity contribution in [2.75, 3.05) is 0 Å². The van der Waals surface area contributed by atoms with Crippen molar-refractivity contribution in [2.24, 2.45) is 0 Å². The van der Waals surface area contributed by atoms with Crippen molar-refractivity contribution in [1.82, 2.24) is 14.8 Å². The third kappa shape index (κ3) is 3.65. The Bertz CT molecular complexity index is 707. The van der Waals surface area contributed by atoms with Gasteiger partial charge in [-0.3, -0.25) is 0 Å². The molecule has 2 rings (SSSR count). The van der Waals surface area contributed by atoms with Gasteiger partial charge in [-0.1, -0.05) is 0 Å². The number of hydrogen-bond donors (Lipinski definition) is 1.